The molecule has 1 saturated heterocycles. The lowest BCUT2D eigenvalue weighted by atomic mass is 10.1. The Morgan fingerprint density at radius 2 is 1.78 bits per heavy atom. The molecule has 7 heteroatoms. The summed E-state index contributed by atoms with van der Waals surface area (Å²) in [7, 11) is 0. The molecule has 1 amide bonds. The summed E-state index contributed by atoms with van der Waals surface area (Å²) in [5.41, 5.74) is 2.76. The number of likely N-dealkylation sites (N-methyl/N-ethyl adjacent to an activating group) is 1. The molecule has 1 aromatic carbocycles. The van der Waals surface area contributed by atoms with Crippen molar-refractivity contribution >= 4 is 11.7 Å². The molecule has 1 aliphatic heterocycles. The SMILES string of the molecule is CCCCCCCCC(=O)N(Cc1c(C)nn(-c2cccc(F)c2)c1N1CCN(CC)CC1)C1CC1. The van der Waals surface area contributed by atoms with Gasteiger partial charge >= 0.3 is 0 Å². The molecule has 198 valence electrons. The Morgan fingerprint density at radius 1 is 1.06 bits per heavy atom. The summed E-state index contributed by atoms with van der Waals surface area (Å²) < 4.78 is 16.1. The summed E-state index contributed by atoms with van der Waals surface area (Å²) in [6.45, 7) is 11.9. The van der Waals surface area contributed by atoms with Crippen LogP contribution in [-0.2, 0) is 11.3 Å². The molecule has 2 aliphatic rings. The van der Waals surface area contributed by atoms with Gasteiger partial charge in [-0.3, -0.25) is 4.79 Å². The van der Waals surface area contributed by atoms with Gasteiger partial charge in [0.2, 0.25) is 5.91 Å². The molecule has 1 aromatic heterocycles. The highest BCUT2D eigenvalue weighted by Gasteiger charge is 2.35. The van der Waals surface area contributed by atoms with E-state index in [4.69, 9.17) is 5.10 Å². The Bertz CT molecular complexity index is 994. The maximum atomic E-state index is 14.2. The topological polar surface area (TPSA) is 44.6 Å². The lowest BCUT2D eigenvalue weighted by Gasteiger charge is -2.36. The van der Waals surface area contributed by atoms with Crippen LogP contribution in [0.2, 0.25) is 0 Å². The van der Waals surface area contributed by atoms with Gasteiger partial charge in [0.1, 0.15) is 11.6 Å². The predicted molar refractivity (Wildman–Crippen MR) is 144 cm³/mol. The number of unbranched alkanes of at least 4 members (excludes halogenated alkanes) is 5. The Labute approximate surface area is 216 Å². The molecule has 0 spiro atoms. The van der Waals surface area contributed by atoms with Crippen LogP contribution in [0.25, 0.3) is 5.69 Å². The molecule has 0 atom stereocenters. The van der Waals surface area contributed by atoms with E-state index in [-0.39, 0.29) is 11.7 Å². The number of hydrogen-bond donors (Lipinski definition) is 0. The second-order valence-corrected chi connectivity index (χ2v) is 10.5. The quantitative estimate of drug-likeness (QED) is 0.333. The predicted octanol–water partition coefficient (Wildman–Crippen LogP) is 5.70. The van der Waals surface area contributed by atoms with Gasteiger partial charge in [-0.2, -0.15) is 5.10 Å². The van der Waals surface area contributed by atoms with E-state index in [9.17, 15) is 9.18 Å². The molecule has 2 heterocycles. The summed E-state index contributed by atoms with van der Waals surface area (Å²) in [6.07, 6.45) is 9.92. The number of aryl methyl sites for hydroxylation is 1. The zero-order chi connectivity index (χ0) is 25.5. The van der Waals surface area contributed by atoms with Crippen molar-refractivity contribution in [2.45, 2.75) is 91.1 Å². The van der Waals surface area contributed by atoms with Crippen LogP contribution in [0.3, 0.4) is 0 Å². The summed E-state index contributed by atoms with van der Waals surface area (Å²) in [5.74, 6) is 1.03. The Kier molecular flexibility index (Phi) is 9.41. The Hall–Kier alpha value is -2.41. The zero-order valence-corrected chi connectivity index (χ0v) is 22.5. The fraction of sp³-hybridized carbons (Fsp3) is 0.655. The van der Waals surface area contributed by atoms with Crippen molar-refractivity contribution in [1.29, 1.82) is 0 Å². The fourth-order valence-corrected chi connectivity index (χ4v) is 5.30. The molecule has 0 N–H and O–H groups in total. The Morgan fingerprint density at radius 3 is 2.44 bits per heavy atom. The van der Waals surface area contributed by atoms with E-state index in [1.807, 2.05) is 17.7 Å². The van der Waals surface area contributed by atoms with Crippen LogP contribution in [-0.4, -0.2) is 64.3 Å². The first-order chi connectivity index (χ1) is 17.5. The van der Waals surface area contributed by atoms with Gasteiger partial charge in [-0.15, -0.1) is 0 Å². The van der Waals surface area contributed by atoms with Crippen molar-refractivity contribution in [1.82, 2.24) is 19.6 Å². The summed E-state index contributed by atoms with van der Waals surface area (Å²) in [5, 5.41) is 4.89. The fourth-order valence-electron chi connectivity index (χ4n) is 5.30. The minimum atomic E-state index is -0.266. The zero-order valence-electron chi connectivity index (χ0n) is 22.5. The largest absolute Gasteiger partial charge is 0.354 e. The van der Waals surface area contributed by atoms with Gasteiger partial charge in [0.25, 0.3) is 0 Å². The molecule has 2 aromatic rings. The highest BCUT2D eigenvalue weighted by Crippen LogP contribution is 2.34. The maximum Gasteiger partial charge on any atom is 0.223 e. The molecule has 2 fully saturated rings. The number of piperazine rings is 1. The first kappa shape index (κ1) is 26.6. The number of halogens is 1. The molecule has 0 radical (unpaired) electrons. The molecule has 0 unspecified atom stereocenters. The van der Waals surface area contributed by atoms with Crippen molar-refractivity contribution in [3.63, 3.8) is 0 Å². The average molecular weight is 498 g/mol. The number of rotatable bonds is 13. The summed E-state index contributed by atoms with van der Waals surface area (Å²) in [4.78, 5) is 20.3. The Balaban J connectivity index is 1.56. The summed E-state index contributed by atoms with van der Waals surface area (Å²) in [6, 6.07) is 7.01. The van der Waals surface area contributed by atoms with Crippen LogP contribution in [0.5, 0.6) is 0 Å². The van der Waals surface area contributed by atoms with Crippen LogP contribution in [0.4, 0.5) is 10.2 Å². The molecule has 6 nitrogen and oxygen atoms in total. The van der Waals surface area contributed by atoms with Crippen LogP contribution >= 0.6 is 0 Å². The van der Waals surface area contributed by atoms with Crippen molar-refractivity contribution in [3.05, 3.63) is 41.3 Å². The van der Waals surface area contributed by atoms with E-state index < -0.39 is 0 Å². The van der Waals surface area contributed by atoms with Gasteiger partial charge in [0, 0.05) is 44.2 Å². The van der Waals surface area contributed by atoms with Gasteiger partial charge in [-0.25, -0.2) is 9.07 Å². The van der Waals surface area contributed by atoms with E-state index >= 15 is 0 Å². The van der Waals surface area contributed by atoms with Gasteiger partial charge in [0.15, 0.2) is 0 Å². The molecular formula is C29H44FN5O. The average Bonchev–Trinajstić information content (AvgIpc) is 3.67. The molecule has 0 bridgehead atoms. The van der Waals surface area contributed by atoms with Crippen molar-refractivity contribution < 1.29 is 9.18 Å². The van der Waals surface area contributed by atoms with E-state index in [0.29, 0.717) is 19.0 Å². The number of nitrogens with zero attached hydrogens (tertiary/aromatic N) is 5. The molecule has 1 saturated carbocycles. The van der Waals surface area contributed by atoms with Crippen LogP contribution < -0.4 is 4.90 Å². The summed E-state index contributed by atoms with van der Waals surface area (Å²) >= 11 is 0. The van der Waals surface area contributed by atoms with Crippen molar-refractivity contribution in [2.75, 3.05) is 37.6 Å². The highest BCUT2D eigenvalue weighted by atomic mass is 19.1. The monoisotopic (exact) mass is 497 g/mol. The van der Waals surface area contributed by atoms with Gasteiger partial charge < -0.3 is 14.7 Å². The van der Waals surface area contributed by atoms with E-state index in [2.05, 4.69) is 28.5 Å². The van der Waals surface area contributed by atoms with Gasteiger partial charge in [-0.1, -0.05) is 52.0 Å². The number of anilines is 1. The third kappa shape index (κ3) is 6.67. The number of amides is 1. The second-order valence-electron chi connectivity index (χ2n) is 10.5. The van der Waals surface area contributed by atoms with Crippen molar-refractivity contribution in [3.8, 4) is 5.69 Å². The van der Waals surface area contributed by atoms with Crippen LogP contribution in [0, 0.1) is 12.7 Å². The highest BCUT2D eigenvalue weighted by molar-refractivity contribution is 5.77. The smallest absolute Gasteiger partial charge is 0.223 e. The first-order valence-electron chi connectivity index (χ1n) is 14.1. The lowest BCUT2D eigenvalue weighted by Crippen LogP contribution is -2.47. The van der Waals surface area contributed by atoms with Crippen molar-refractivity contribution in [2.24, 2.45) is 0 Å². The third-order valence-electron chi connectivity index (χ3n) is 7.71. The molecular weight excluding hydrogens is 453 g/mol. The minimum Gasteiger partial charge on any atom is -0.354 e. The molecule has 1 aliphatic carbocycles. The minimum absolute atomic E-state index is 0.266. The maximum absolute atomic E-state index is 14.2. The lowest BCUT2D eigenvalue weighted by molar-refractivity contribution is -0.132. The van der Waals surface area contributed by atoms with E-state index in [1.165, 1.54) is 31.7 Å². The number of aromatic nitrogens is 2. The van der Waals surface area contributed by atoms with Crippen LogP contribution in [0.1, 0.15) is 82.9 Å². The van der Waals surface area contributed by atoms with Gasteiger partial charge in [0.05, 0.1) is 17.9 Å². The normalized spacial score (nSPS) is 16.5. The van der Waals surface area contributed by atoms with E-state index in [1.54, 1.807) is 12.1 Å². The first-order valence-corrected chi connectivity index (χ1v) is 14.1. The molecule has 36 heavy (non-hydrogen) atoms. The number of benzene rings is 1. The molecule has 4 rings (SSSR count). The number of carbonyl (C=O) groups is 1. The second kappa shape index (κ2) is 12.7. The number of carbonyl (C=O) groups excluding carboxylic acids is 1. The van der Waals surface area contributed by atoms with Gasteiger partial charge in [-0.05, 0) is 50.9 Å². The third-order valence-corrected chi connectivity index (χ3v) is 7.71. The number of hydrogen-bond acceptors (Lipinski definition) is 4. The van der Waals surface area contributed by atoms with Crippen LogP contribution in [0.15, 0.2) is 24.3 Å². The van der Waals surface area contributed by atoms with E-state index in [0.717, 1.165) is 81.2 Å². The standard InChI is InChI=1S/C29H44FN5O/c1-4-6-7-8-9-10-14-28(36)34(25-15-16-25)22-27-23(3)31-35(26-13-11-12-24(30)21-26)29(27)33-19-17-32(5-2)18-20-33/h11-13,21,25H,4-10,14-20,22H2,1-3H3.